The highest BCUT2D eigenvalue weighted by Gasteiger charge is 2.24. The molecule has 5 heteroatoms. The number of hydrogen-bond donors (Lipinski definition) is 2. The van der Waals surface area contributed by atoms with Crippen molar-refractivity contribution in [2.24, 2.45) is 5.92 Å². The number of thiophene rings is 1. The number of likely N-dealkylation sites (tertiary alicyclic amines) is 1. The minimum atomic E-state index is 0.111. The van der Waals surface area contributed by atoms with Gasteiger partial charge in [0.2, 0.25) is 5.91 Å². The highest BCUT2D eigenvalue weighted by molar-refractivity contribution is 7.09. The van der Waals surface area contributed by atoms with E-state index in [0.29, 0.717) is 12.1 Å². The second kappa shape index (κ2) is 8.97. The third kappa shape index (κ3) is 5.57. The summed E-state index contributed by atoms with van der Waals surface area (Å²) in [6.07, 6.45) is 7.30. The molecule has 24 heavy (non-hydrogen) atoms. The van der Waals surface area contributed by atoms with Crippen LogP contribution in [0.3, 0.4) is 0 Å². The van der Waals surface area contributed by atoms with Crippen LogP contribution in [0.1, 0.15) is 50.3 Å². The van der Waals surface area contributed by atoms with Crippen molar-refractivity contribution in [3.05, 3.63) is 22.4 Å². The Kier molecular flexibility index (Phi) is 6.69. The Morgan fingerprint density at radius 3 is 2.75 bits per heavy atom. The lowest BCUT2D eigenvalue weighted by atomic mass is 9.90. The Morgan fingerprint density at radius 2 is 2.04 bits per heavy atom. The average Bonchev–Trinajstić information content (AvgIpc) is 3.07. The molecule has 2 aliphatic rings. The zero-order valence-corrected chi connectivity index (χ0v) is 15.6. The molecule has 3 rings (SSSR count). The van der Waals surface area contributed by atoms with Gasteiger partial charge in [0.1, 0.15) is 0 Å². The molecule has 1 amide bonds. The van der Waals surface area contributed by atoms with Gasteiger partial charge in [-0.1, -0.05) is 6.07 Å². The molecule has 0 bridgehead atoms. The summed E-state index contributed by atoms with van der Waals surface area (Å²) in [5.41, 5.74) is 0. The third-order valence-electron chi connectivity index (χ3n) is 5.39. The number of carbonyl (C=O) groups is 1. The molecular weight excluding hydrogens is 318 g/mol. The van der Waals surface area contributed by atoms with Gasteiger partial charge in [-0.25, -0.2) is 0 Å². The molecule has 0 radical (unpaired) electrons. The molecular formula is C19H31N3OS. The molecule has 1 aliphatic heterocycles. The molecule has 0 spiro atoms. The summed E-state index contributed by atoms with van der Waals surface area (Å²) in [6, 6.07) is 5.44. The van der Waals surface area contributed by atoms with Crippen LogP contribution in [0.25, 0.3) is 0 Å². The van der Waals surface area contributed by atoms with E-state index in [-0.39, 0.29) is 5.91 Å². The molecule has 1 atom stereocenters. The summed E-state index contributed by atoms with van der Waals surface area (Å²) in [6.45, 7) is 6.37. The molecule has 4 nitrogen and oxygen atoms in total. The van der Waals surface area contributed by atoms with Gasteiger partial charge in [0.25, 0.3) is 0 Å². The van der Waals surface area contributed by atoms with Crippen molar-refractivity contribution in [2.75, 3.05) is 19.6 Å². The fourth-order valence-corrected chi connectivity index (χ4v) is 4.89. The maximum Gasteiger partial charge on any atom is 0.217 e. The van der Waals surface area contributed by atoms with E-state index in [1.807, 2.05) is 11.3 Å². The maximum absolute atomic E-state index is 11.1. The van der Waals surface area contributed by atoms with Crippen LogP contribution < -0.4 is 10.6 Å². The Labute approximate surface area is 150 Å². The first kappa shape index (κ1) is 17.9. The van der Waals surface area contributed by atoms with Gasteiger partial charge in [-0.05, 0) is 69.0 Å². The lowest BCUT2D eigenvalue weighted by Crippen LogP contribution is -2.45. The van der Waals surface area contributed by atoms with Crippen molar-refractivity contribution in [2.45, 2.75) is 64.1 Å². The molecule has 1 aromatic rings. The van der Waals surface area contributed by atoms with E-state index in [0.717, 1.165) is 31.8 Å². The van der Waals surface area contributed by atoms with Gasteiger partial charge in [0.15, 0.2) is 0 Å². The van der Waals surface area contributed by atoms with Crippen LogP contribution in [0.5, 0.6) is 0 Å². The fourth-order valence-electron chi connectivity index (χ4n) is 4.15. The number of carbonyl (C=O) groups excluding carboxylic acids is 1. The van der Waals surface area contributed by atoms with Gasteiger partial charge in [-0.15, -0.1) is 11.3 Å². The lowest BCUT2D eigenvalue weighted by Gasteiger charge is -2.35. The summed E-state index contributed by atoms with van der Waals surface area (Å²) in [5, 5.41) is 9.05. The first-order valence-electron chi connectivity index (χ1n) is 9.44. The van der Waals surface area contributed by atoms with Gasteiger partial charge in [-0.3, -0.25) is 9.69 Å². The van der Waals surface area contributed by atoms with Crippen LogP contribution in [-0.4, -0.2) is 42.5 Å². The van der Waals surface area contributed by atoms with Crippen molar-refractivity contribution >= 4 is 17.2 Å². The summed E-state index contributed by atoms with van der Waals surface area (Å²) in [4.78, 5) is 15.2. The van der Waals surface area contributed by atoms with Crippen LogP contribution in [0.2, 0.25) is 0 Å². The highest BCUT2D eigenvalue weighted by Crippen LogP contribution is 2.22. The standard InChI is InChI=1S/C19H31N3OS/c1-15(23)21-18-8-6-17(7-9-18)20-12-16-4-2-10-22(13-16)14-19-5-3-11-24-19/h3,5,11,16-18,20H,2,4,6-10,12-14H2,1H3,(H,21,23)/t16-,17?,18?/m0/s1. The number of hydrogen-bond acceptors (Lipinski definition) is 4. The Hall–Kier alpha value is -0.910. The second-order valence-electron chi connectivity index (χ2n) is 7.48. The van der Waals surface area contributed by atoms with Crippen molar-refractivity contribution < 1.29 is 4.79 Å². The highest BCUT2D eigenvalue weighted by atomic mass is 32.1. The minimum Gasteiger partial charge on any atom is -0.354 e. The molecule has 2 heterocycles. The zero-order valence-electron chi connectivity index (χ0n) is 14.8. The predicted octanol–water partition coefficient (Wildman–Crippen LogP) is 3.00. The molecule has 0 unspecified atom stereocenters. The predicted molar refractivity (Wildman–Crippen MR) is 100 cm³/mol. The molecule has 1 saturated heterocycles. The number of nitrogens with one attached hydrogen (secondary N) is 2. The Morgan fingerprint density at radius 1 is 1.25 bits per heavy atom. The molecule has 2 fully saturated rings. The van der Waals surface area contributed by atoms with Gasteiger partial charge >= 0.3 is 0 Å². The zero-order chi connectivity index (χ0) is 16.8. The van der Waals surface area contributed by atoms with Gasteiger partial charge < -0.3 is 10.6 Å². The Bertz CT molecular complexity index is 497. The summed E-state index contributed by atoms with van der Waals surface area (Å²) < 4.78 is 0. The molecule has 1 saturated carbocycles. The number of amides is 1. The van der Waals surface area contributed by atoms with E-state index in [1.165, 1.54) is 43.6 Å². The van der Waals surface area contributed by atoms with E-state index in [9.17, 15) is 4.79 Å². The molecule has 1 aromatic heterocycles. The minimum absolute atomic E-state index is 0.111. The smallest absolute Gasteiger partial charge is 0.217 e. The number of piperidine rings is 1. The second-order valence-corrected chi connectivity index (χ2v) is 8.51. The maximum atomic E-state index is 11.1. The third-order valence-corrected chi connectivity index (χ3v) is 6.25. The van der Waals surface area contributed by atoms with Gasteiger partial charge in [0, 0.05) is 37.0 Å². The van der Waals surface area contributed by atoms with E-state index >= 15 is 0 Å². The average molecular weight is 350 g/mol. The summed E-state index contributed by atoms with van der Waals surface area (Å²) in [5.74, 6) is 0.895. The number of nitrogens with zero attached hydrogens (tertiary/aromatic N) is 1. The van der Waals surface area contributed by atoms with E-state index in [1.54, 1.807) is 6.92 Å². The van der Waals surface area contributed by atoms with Gasteiger partial charge in [-0.2, -0.15) is 0 Å². The SMILES string of the molecule is CC(=O)NC1CCC(NC[C@@H]2CCCN(Cc3cccs3)C2)CC1. The molecule has 2 N–H and O–H groups in total. The quantitative estimate of drug-likeness (QED) is 0.830. The topological polar surface area (TPSA) is 44.4 Å². The van der Waals surface area contributed by atoms with Crippen molar-refractivity contribution in [1.82, 2.24) is 15.5 Å². The van der Waals surface area contributed by atoms with Crippen molar-refractivity contribution in [3.63, 3.8) is 0 Å². The van der Waals surface area contributed by atoms with E-state index in [4.69, 9.17) is 0 Å². The Balaban J connectivity index is 1.35. The van der Waals surface area contributed by atoms with Gasteiger partial charge in [0.05, 0.1) is 0 Å². The van der Waals surface area contributed by atoms with Crippen LogP contribution >= 0.6 is 11.3 Å². The molecule has 1 aliphatic carbocycles. The van der Waals surface area contributed by atoms with Crippen LogP contribution in [0, 0.1) is 5.92 Å². The summed E-state index contributed by atoms with van der Waals surface area (Å²) in [7, 11) is 0. The molecule has 134 valence electrons. The lowest BCUT2D eigenvalue weighted by molar-refractivity contribution is -0.119. The first-order chi connectivity index (χ1) is 11.7. The fraction of sp³-hybridized carbons (Fsp3) is 0.737. The normalized spacial score (nSPS) is 28.6. The molecule has 0 aromatic carbocycles. The van der Waals surface area contributed by atoms with Crippen LogP contribution in [0.4, 0.5) is 0 Å². The largest absolute Gasteiger partial charge is 0.354 e. The van der Waals surface area contributed by atoms with Crippen LogP contribution in [-0.2, 0) is 11.3 Å². The van der Waals surface area contributed by atoms with E-state index < -0.39 is 0 Å². The van der Waals surface area contributed by atoms with E-state index in [2.05, 4.69) is 33.0 Å². The number of rotatable bonds is 6. The first-order valence-corrected chi connectivity index (χ1v) is 10.3. The monoisotopic (exact) mass is 349 g/mol. The summed E-state index contributed by atoms with van der Waals surface area (Å²) >= 11 is 1.87. The van der Waals surface area contributed by atoms with Crippen LogP contribution in [0.15, 0.2) is 17.5 Å². The van der Waals surface area contributed by atoms with Crippen molar-refractivity contribution in [3.8, 4) is 0 Å². The van der Waals surface area contributed by atoms with Crippen molar-refractivity contribution in [1.29, 1.82) is 0 Å².